The van der Waals surface area contributed by atoms with Crippen molar-refractivity contribution in [1.82, 2.24) is 31.1 Å². The summed E-state index contributed by atoms with van der Waals surface area (Å²) in [5, 5.41) is 14.0. The largest absolute Gasteiger partial charge is 0.366 e. The van der Waals surface area contributed by atoms with E-state index in [9.17, 15) is 19.2 Å². The molecule has 0 aromatic heterocycles. The van der Waals surface area contributed by atoms with Gasteiger partial charge in [0.1, 0.15) is 12.1 Å². The molecular weight excluding hydrogens is 654 g/mol. The van der Waals surface area contributed by atoms with Crippen molar-refractivity contribution in [3.63, 3.8) is 0 Å². The van der Waals surface area contributed by atoms with Crippen molar-refractivity contribution in [1.29, 1.82) is 0 Å². The first-order valence-electron chi connectivity index (χ1n) is 20.6. The van der Waals surface area contributed by atoms with Gasteiger partial charge in [0, 0.05) is 38.3 Å². The summed E-state index contributed by atoms with van der Waals surface area (Å²) in [6.45, 7) is 23.1. The molecular formula is C41H71N7O4. The SMILES string of the molecule is C=C(NC(C(=O)N1CC(C(C)C2(C)CCC2)C[C@H]1C(=O)NC(CC1CCC1)C(=O)C(N)=O)C(C)(C)C)NC1(CN2C[C@@H](C)N[C@@H](C)C2)CCCCC1. The average molecular weight is 726 g/mol. The van der Waals surface area contributed by atoms with E-state index in [1.807, 2.05) is 0 Å². The first-order chi connectivity index (χ1) is 24.4. The lowest BCUT2D eigenvalue weighted by molar-refractivity contribution is -0.143. The third-order valence-corrected chi connectivity index (χ3v) is 13.7. The first-order valence-corrected chi connectivity index (χ1v) is 20.6. The molecule has 0 spiro atoms. The molecule has 2 saturated heterocycles. The van der Waals surface area contributed by atoms with Gasteiger partial charge in [-0.25, -0.2) is 0 Å². The molecule has 3 aliphatic carbocycles. The van der Waals surface area contributed by atoms with Crippen molar-refractivity contribution in [2.45, 2.75) is 168 Å². The molecule has 7 atom stereocenters. The summed E-state index contributed by atoms with van der Waals surface area (Å²) >= 11 is 0. The lowest BCUT2D eigenvalue weighted by Gasteiger charge is -2.47. The smallest absolute Gasteiger partial charge is 0.287 e. The number of nitrogens with two attached hydrogens (primary N) is 1. The third kappa shape index (κ3) is 9.52. The Morgan fingerprint density at radius 1 is 0.923 bits per heavy atom. The van der Waals surface area contributed by atoms with E-state index < -0.39 is 35.2 Å². The van der Waals surface area contributed by atoms with Crippen LogP contribution in [0.1, 0.15) is 132 Å². The van der Waals surface area contributed by atoms with Crippen LogP contribution in [0.15, 0.2) is 12.4 Å². The summed E-state index contributed by atoms with van der Waals surface area (Å²) in [7, 11) is 0. The number of carbonyl (C=O) groups excluding carboxylic acids is 4. The fourth-order valence-corrected chi connectivity index (χ4v) is 10.1. The summed E-state index contributed by atoms with van der Waals surface area (Å²) in [6, 6.07) is -1.50. The minimum atomic E-state index is -1.03. The molecule has 11 nitrogen and oxygen atoms in total. The Bertz CT molecular complexity index is 1300. The second kappa shape index (κ2) is 16.4. The number of likely N-dealkylation sites (tertiary alicyclic amines) is 1. The number of amides is 3. The number of piperazine rings is 1. The van der Waals surface area contributed by atoms with Crippen LogP contribution in [0.25, 0.3) is 0 Å². The van der Waals surface area contributed by atoms with Gasteiger partial charge in [0.05, 0.1) is 17.4 Å². The topological polar surface area (TPSA) is 149 Å². The summed E-state index contributed by atoms with van der Waals surface area (Å²) < 4.78 is 0. The van der Waals surface area contributed by atoms with E-state index in [4.69, 9.17) is 5.73 Å². The van der Waals surface area contributed by atoms with Crippen molar-refractivity contribution >= 4 is 23.5 Å². The van der Waals surface area contributed by atoms with Crippen molar-refractivity contribution < 1.29 is 19.2 Å². The standard InChI is InChI=1S/C41H71N7O4/c1-26-22-47(23-27(2)43-26)25-41(18-10-9-11-19-41)46-29(4)44-35(39(5,6)7)38(52)48-24-31(28(3)40(8)16-13-17-40)21-33(48)37(51)45-32(34(49)36(42)50)20-30-14-12-15-30/h26-28,30-33,35,43-44,46H,4,9-25H2,1-3,5-8H3,(H2,42,50)(H,45,51)/t26-,27+,28?,31?,32?,33-,35?/m0/s1. The van der Waals surface area contributed by atoms with Gasteiger partial charge in [-0.3, -0.25) is 24.1 Å². The van der Waals surface area contributed by atoms with Crippen LogP contribution in [0.4, 0.5) is 0 Å². The zero-order valence-electron chi connectivity index (χ0n) is 33.5. The molecule has 5 aliphatic rings. The number of ketones is 1. The number of Topliss-reactive ketones (excluding diaryl/α,β-unsaturated/α-hetero) is 1. The van der Waals surface area contributed by atoms with Crippen LogP contribution < -0.4 is 27.0 Å². The Kier molecular flexibility index (Phi) is 12.8. The molecule has 52 heavy (non-hydrogen) atoms. The minimum absolute atomic E-state index is 0.136. The maximum absolute atomic E-state index is 14.9. The van der Waals surface area contributed by atoms with Crippen molar-refractivity contribution in [3.05, 3.63) is 12.4 Å². The van der Waals surface area contributed by atoms with E-state index >= 15 is 0 Å². The van der Waals surface area contributed by atoms with Gasteiger partial charge < -0.3 is 31.9 Å². The Morgan fingerprint density at radius 3 is 2.08 bits per heavy atom. The van der Waals surface area contributed by atoms with E-state index in [1.54, 1.807) is 4.90 Å². The van der Waals surface area contributed by atoms with E-state index in [0.29, 0.717) is 43.2 Å². The van der Waals surface area contributed by atoms with Crippen LogP contribution in [0.2, 0.25) is 0 Å². The lowest BCUT2D eigenvalue weighted by Crippen LogP contribution is -2.63. The van der Waals surface area contributed by atoms with Gasteiger partial charge >= 0.3 is 0 Å². The molecule has 5 rings (SSSR count). The fourth-order valence-electron chi connectivity index (χ4n) is 10.1. The molecule has 5 fully saturated rings. The molecule has 294 valence electrons. The van der Waals surface area contributed by atoms with Gasteiger partial charge in [-0.2, -0.15) is 0 Å². The summed E-state index contributed by atoms with van der Waals surface area (Å²) in [4.78, 5) is 58.5. The lowest BCUT2D eigenvalue weighted by atomic mass is 9.59. The second-order valence-corrected chi connectivity index (χ2v) is 19.2. The summed E-state index contributed by atoms with van der Waals surface area (Å²) in [6.07, 6.45) is 13.1. The van der Waals surface area contributed by atoms with Gasteiger partial charge in [-0.1, -0.05) is 86.1 Å². The van der Waals surface area contributed by atoms with E-state index in [1.165, 1.54) is 12.8 Å². The number of nitrogens with one attached hydrogen (secondary N) is 4. The zero-order chi connectivity index (χ0) is 38.0. The highest BCUT2D eigenvalue weighted by Gasteiger charge is 2.50. The van der Waals surface area contributed by atoms with Crippen LogP contribution >= 0.6 is 0 Å². The average Bonchev–Trinajstić information content (AvgIpc) is 3.47. The first kappa shape index (κ1) is 40.5. The predicted octanol–water partition coefficient (Wildman–Crippen LogP) is 4.21. The van der Waals surface area contributed by atoms with E-state index in [2.05, 4.69) is 81.2 Å². The summed E-state index contributed by atoms with van der Waals surface area (Å²) in [5.41, 5.74) is 5.01. The van der Waals surface area contributed by atoms with Crippen molar-refractivity contribution in [3.8, 4) is 0 Å². The highest BCUT2D eigenvalue weighted by molar-refractivity contribution is 6.37. The molecule has 0 aromatic carbocycles. The Labute approximate surface area is 313 Å². The van der Waals surface area contributed by atoms with Crippen LogP contribution in [0, 0.1) is 28.6 Å². The molecule has 11 heteroatoms. The molecule has 2 aliphatic heterocycles. The van der Waals surface area contributed by atoms with Crippen LogP contribution in [-0.2, 0) is 19.2 Å². The monoisotopic (exact) mass is 726 g/mol. The zero-order valence-corrected chi connectivity index (χ0v) is 33.5. The maximum atomic E-state index is 14.9. The fraction of sp³-hybridized carbons (Fsp3) is 0.854. The van der Waals surface area contributed by atoms with Crippen molar-refractivity contribution in [2.24, 2.45) is 34.3 Å². The number of hydrogen-bond donors (Lipinski definition) is 5. The normalized spacial score (nSPS) is 29.5. The number of nitrogens with zero attached hydrogens (tertiary/aromatic N) is 2. The molecule has 0 aromatic rings. The van der Waals surface area contributed by atoms with Gasteiger partial charge in [-0.05, 0) is 81.0 Å². The molecule has 3 saturated carbocycles. The van der Waals surface area contributed by atoms with Crippen LogP contribution in [0.5, 0.6) is 0 Å². The molecule has 6 N–H and O–H groups in total. The van der Waals surface area contributed by atoms with Crippen LogP contribution in [0.3, 0.4) is 0 Å². The molecule has 2 heterocycles. The van der Waals surface area contributed by atoms with Crippen LogP contribution in [-0.4, -0.2) is 95.2 Å². The highest BCUT2D eigenvalue weighted by Crippen LogP contribution is 2.51. The third-order valence-electron chi connectivity index (χ3n) is 13.7. The molecule has 0 radical (unpaired) electrons. The number of carbonyl (C=O) groups is 4. The van der Waals surface area contributed by atoms with Gasteiger partial charge in [0.2, 0.25) is 17.6 Å². The second-order valence-electron chi connectivity index (χ2n) is 19.2. The summed E-state index contributed by atoms with van der Waals surface area (Å²) in [5.74, 6) is -0.917. The van der Waals surface area contributed by atoms with E-state index in [-0.39, 0.29) is 34.6 Å². The quantitative estimate of drug-likeness (QED) is 0.158. The maximum Gasteiger partial charge on any atom is 0.287 e. The Hall–Kier alpha value is -2.66. The Morgan fingerprint density at radius 2 is 1.56 bits per heavy atom. The van der Waals surface area contributed by atoms with Gasteiger partial charge in [0.25, 0.3) is 5.91 Å². The number of primary amides is 1. The Balaban J connectivity index is 1.35. The van der Waals surface area contributed by atoms with Gasteiger partial charge in [0.15, 0.2) is 0 Å². The molecule has 0 bridgehead atoms. The minimum Gasteiger partial charge on any atom is -0.366 e. The molecule has 4 unspecified atom stereocenters. The van der Waals surface area contributed by atoms with Crippen molar-refractivity contribution in [2.75, 3.05) is 26.2 Å². The predicted molar refractivity (Wildman–Crippen MR) is 206 cm³/mol. The molecule has 3 amide bonds. The van der Waals surface area contributed by atoms with Gasteiger partial charge in [-0.15, -0.1) is 0 Å². The number of rotatable bonds is 15. The van der Waals surface area contributed by atoms with E-state index in [0.717, 1.165) is 77.4 Å². The highest BCUT2D eigenvalue weighted by atomic mass is 16.2. The number of hydrogen-bond acceptors (Lipinski definition) is 8.